The highest BCUT2D eigenvalue weighted by Crippen LogP contribution is 2.12. The first-order valence-corrected chi connectivity index (χ1v) is 8.21. The van der Waals surface area contributed by atoms with Crippen molar-refractivity contribution in [3.8, 4) is 0 Å². The third-order valence-corrected chi connectivity index (χ3v) is 4.23. The fourth-order valence-electron chi connectivity index (χ4n) is 1.58. The molecular weight excluding hydrogens is 294 g/mol. The largest absolute Gasteiger partial charge is 0.390 e. The molecule has 0 spiro atoms. The summed E-state index contributed by atoms with van der Waals surface area (Å²) in [4.78, 5) is 11.6. The maximum absolute atomic E-state index is 11.6. The van der Waals surface area contributed by atoms with E-state index < -0.39 is 5.60 Å². The van der Waals surface area contributed by atoms with Crippen molar-refractivity contribution in [1.82, 2.24) is 5.32 Å². The van der Waals surface area contributed by atoms with Gasteiger partial charge in [0.15, 0.2) is 0 Å². The highest BCUT2D eigenvalue weighted by Gasteiger charge is 2.11. The number of aryl methyl sites for hydroxylation is 1. The predicted molar refractivity (Wildman–Crippen MR) is 86.4 cm³/mol. The van der Waals surface area contributed by atoms with Crippen molar-refractivity contribution in [2.24, 2.45) is 0 Å². The van der Waals surface area contributed by atoms with Gasteiger partial charge in [0.2, 0.25) is 5.91 Å². The molecule has 0 saturated heterocycles. The van der Waals surface area contributed by atoms with Crippen LogP contribution in [0, 0.1) is 0 Å². The molecule has 0 aliphatic rings. The summed E-state index contributed by atoms with van der Waals surface area (Å²) >= 11 is 7.44. The molecule has 0 aromatic heterocycles. The van der Waals surface area contributed by atoms with Crippen LogP contribution in [0.15, 0.2) is 24.3 Å². The van der Waals surface area contributed by atoms with Crippen LogP contribution in [0.1, 0.15) is 25.8 Å². The molecule has 2 N–H and O–H groups in total. The number of nitrogens with one attached hydrogen (secondary N) is 1. The average molecular weight is 316 g/mol. The fourth-order valence-corrected chi connectivity index (χ4v) is 2.60. The standard InChI is InChI=1S/C15H22ClNO2S/c1-15(2,19)11-20-10-9-17-14(18)8-5-12-3-6-13(16)7-4-12/h3-4,6-7,19H,5,8-11H2,1-2H3,(H,17,18). The summed E-state index contributed by atoms with van der Waals surface area (Å²) in [6.07, 6.45) is 1.21. The van der Waals surface area contributed by atoms with Gasteiger partial charge in [-0.3, -0.25) is 4.79 Å². The average Bonchev–Trinajstić information content (AvgIpc) is 2.36. The number of benzene rings is 1. The van der Waals surface area contributed by atoms with Gasteiger partial charge in [0.05, 0.1) is 5.60 Å². The van der Waals surface area contributed by atoms with Gasteiger partial charge >= 0.3 is 0 Å². The van der Waals surface area contributed by atoms with E-state index in [2.05, 4.69) is 5.32 Å². The second-order valence-electron chi connectivity index (χ2n) is 5.34. The summed E-state index contributed by atoms with van der Waals surface area (Å²) in [6, 6.07) is 7.55. The number of hydrogen-bond donors (Lipinski definition) is 2. The Bertz CT molecular complexity index is 415. The lowest BCUT2D eigenvalue weighted by molar-refractivity contribution is -0.120. The van der Waals surface area contributed by atoms with Gasteiger partial charge in [-0.05, 0) is 38.0 Å². The summed E-state index contributed by atoms with van der Waals surface area (Å²) in [5, 5.41) is 13.1. The molecule has 1 rings (SSSR count). The third kappa shape index (κ3) is 8.46. The van der Waals surface area contributed by atoms with E-state index >= 15 is 0 Å². The maximum atomic E-state index is 11.6. The summed E-state index contributed by atoms with van der Waals surface area (Å²) in [7, 11) is 0. The Morgan fingerprint density at radius 2 is 2.00 bits per heavy atom. The highest BCUT2D eigenvalue weighted by molar-refractivity contribution is 7.99. The van der Waals surface area contributed by atoms with E-state index in [0.717, 1.165) is 17.7 Å². The zero-order valence-electron chi connectivity index (χ0n) is 12.0. The molecule has 20 heavy (non-hydrogen) atoms. The normalized spacial score (nSPS) is 11.4. The summed E-state index contributed by atoms with van der Waals surface area (Å²) in [5.74, 6) is 1.55. The van der Waals surface area contributed by atoms with Gasteiger partial charge in [0.1, 0.15) is 0 Å². The van der Waals surface area contributed by atoms with E-state index in [1.807, 2.05) is 24.3 Å². The monoisotopic (exact) mass is 315 g/mol. The molecule has 0 fully saturated rings. The second kappa shape index (κ2) is 8.55. The number of halogens is 1. The third-order valence-electron chi connectivity index (χ3n) is 2.58. The minimum atomic E-state index is -0.650. The SMILES string of the molecule is CC(C)(O)CSCCNC(=O)CCc1ccc(Cl)cc1. The van der Waals surface area contributed by atoms with E-state index in [0.29, 0.717) is 23.7 Å². The Kier molecular flexibility index (Phi) is 7.41. The lowest BCUT2D eigenvalue weighted by Gasteiger charge is -2.16. The zero-order chi connectivity index (χ0) is 15.0. The van der Waals surface area contributed by atoms with Gasteiger partial charge in [-0.15, -0.1) is 0 Å². The zero-order valence-corrected chi connectivity index (χ0v) is 13.6. The first kappa shape index (κ1) is 17.3. The number of carbonyl (C=O) groups excluding carboxylic acids is 1. The molecule has 3 nitrogen and oxygen atoms in total. The molecule has 0 heterocycles. The van der Waals surface area contributed by atoms with E-state index in [4.69, 9.17) is 11.6 Å². The quantitative estimate of drug-likeness (QED) is 0.725. The Hall–Kier alpha value is -0.710. The van der Waals surface area contributed by atoms with Crippen LogP contribution in [-0.4, -0.2) is 34.7 Å². The molecule has 1 aromatic carbocycles. The molecular formula is C15H22ClNO2S. The second-order valence-corrected chi connectivity index (χ2v) is 6.88. The Morgan fingerprint density at radius 1 is 1.35 bits per heavy atom. The molecule has 1 amide bonds. The van der Waals surface area contributed by atoms with Crippen LogP contribution in [-0.2, 0) is 11.2 Å². The molecule has 112 valence electrons. The van der Waals surface area contributed by atoms with Gasteiger partial charge in [-0.1, -0.05) is 23.7 Å². The number of rotatable bonds is 8. The minimum Gasteiger partial charge on any atom is -0.390 e. The van der Waals surface area contributed by atoms with Crippen molar-refractivity contribution in [3.63, 3.8) is 0 Å². The van der Waals surface area contributed by atoms with E-state index in [-0.39, 0.29) is 5.91 Å². The molecule has 0 unspecified atom stereocenters. The minimum absolute atomic E-state index is 0.0591. The molecule has 0 aliphatic heterocycles. The number of carbonyl (C=O) groups is 1. The Balaban J connectivity index is 2.10. The molecule has 0 saturated carbocycles. The summed E-state index contributed by atoms with van der Waals surface area (Å²) in [5.41, 5.74) is 0.462. The summed E-state index contributed by atoms with van der Waals surface area (Å²) in [6.45, 7) is 4.20. The van der Waals surface area contributed by atoms with Crippen LogP contribution in [0.4, 0.5) is 0 Å². The molecule has 0 aliphatic carbocycles. The summed E-state index contributed by atoms with van der Waals surface area (Å²) < 4.78 is 0. The fraction of sp³-hybridized carbons (Fsp3) is 0.533. The smallest absolute Gasteiger partial charge is 0.220 e. The lowest BCUT2D eigenvalue weighted by atomic mass is 10.1. The van der Waals surface area contributed by atoms with Gasteiger partial charge in [-0.25, -0.2) is 0 Å². The van der Waals surface area contributed by atoms with Gasteiger partial charge in [0.25, 0.3) is 0 Å². The number of thioether (sulfide) groups is 1. The van der Waals surface area contributed by atoms with Crippen LogP contribution >= 0.6 is 23.4 Å². The van der Waals surface area contributed by atoms with Crippen LogP contribution in [0.2, 0.25) is 5.02 Å². The number of hydrogen-bond acceptors (Lipinski definition) is 3. The van der Waals surface area contributed by atoms with E-state index in [1.54, 1.807) is 25.6 Å². The first-order chi connectivity index (χ1) is 9.37. The van der Waals surface area contributed by atoms with E-state index in [1.165, 1.54) is 0 Å². The highest BCUT2D eigenvalue weighted by atomic mass is 35.5. The van der Waals surface area contributed by atoms with Crippen molar-refractivity contribution < 1.29 is 9.90 Å². The molecule has 5 heteroatoms. The van der Waals surface area contributed by atoms with Crippen LogP contribution < -0.4 is 5.32 Å². The van der Waals surface area contributed by atoms with Crippen LogP contribution in [0.5, 0.6) is 0 Å². The van der Waals surface area contributed by atoms with Crippen LogP contribution in [0.3, 0.4) is 0 Å². The molecule has 0 bridgehead atoms. The maximum Gasteiger partial charge on any atom is 0.220 e. The number of amides is 1. The Labute approximate surface area is 130 Å². The van der Waals surface area contributed by atoms with Crippen molar-refractivity contribution >= 4 is 29.3 Å². The molecule has 0 atom stereocenters. The van der Waals surface area contributed by atoms with Crippen molar-refractivity contribution in [2.45, 2.75) is 32.3 Å². The van der Waals surface area contributed by atoms with E-state index in [9.17, 15) is 9.90 Å². The van der Waals surface area contributed by atoms with Gasteiger partial charge in [0, 0.05) is 29.5 Å². The van der Waals surface area contributed by atoms with Crippen molar-refractivity contribution in [1.29, 1.82) is 0 Å². The van der Waals surface area contributed by atoms with Gasteiger partial charge in [-0.2, -0.15) is 11.8 Å². The molecule has 0 radical (unpaired) electrons. The first-order valence-electron chi connectivity index (χ1n) is 6.68. The number of aliphatic hydroxyl groups is 1. The predicted octanol–water partition coefficient (Wildman–Crippen LogP) is 2.89. The van der Waals surface area contributed by atoms with Crippen molar-refractivity contribution in [2.75, 3.05) is 18.1 Å². The molecule has 1 aromatic rings. The lowest BCUT2D eigenvalue weighted by Crippen LogP contribution is -2.27. The van der Waals surface area contributed by atoms with Crippen LogP contribution in [0.25, 0.3) is 0 Å². The van der Waals surface area contributed by atoms with Crippen molar-refractivity contribution in [3.05, 3.63) is 34.9 Å². The Morgan fingerprint density at radius 3 is 2.60 bits per heavy atom. The topological polar surface area (TPSA) is 49.3 Å². The van der Waals surface area contributed by atoms with Gasteiger partial charge < -0.3 is 10.4 Å².